The van der Waals surface area contributed by atoms with Gasteiger partial charge in [-0.05, 0) is 31.7 Å². The number of nitrogen functional groups attached to an aromatic ring is 1. The number of nitrogens with two attached hydrogens (primary N) is 1. The molecule has 4 N–H and O–H groups in total. The molecule has 1 atom stereocenters. The first kappa shape index (κ1) is 15.6. The molecule has 0 fully saturated rings. The van der Waals surface area contributed by atoms with Crippen molar-refractivity contribution in [3.8, 4) is 0 Å². The monoisotopic (exact) mass is 267 g/mol. The van der Waals surface area contributed by atoms with E-state index >= 15 is 0 Å². The number of nitrogens with one attached hydrogen (secondary N) is 1. The van der Waals surface area contributed by atoms with Crippen LogP contribution in [0.2, 0.25) is 0 Å². The highest BCUT2D eigenvalue weighted by Crippen LogP contribution is 2.12. The van der Waals surface area contributed by atoms with Gasteiger partial charge in [-0.2, -0.15) is 0 Å². The Kier molecular flexibility index (Phi) is 6.42. The van der Waals surface area contributed by atoms with Crippen LogP contribution in [-0.2, 0) is 6.54 Å². The molecule has 0 saturated carbocycles. The van der Waals surface area contributed by atoms with Gasteiger partial charge in [0.1, 0.15) is 5.69 Å². The third kappa shape index (κ3) is 4.59. The quantitative estimate of drug-likeness (QED) is 0.669. The molecule has 19 heavy (non-hydrogen) atoms. The molecule has 0 aliphatic carbocycles. The van der Waals surface area contributed by atoms with Crippen molar-refractivity contribution in [2.75, 3.05) is 18.9 Å². The Hall–Kier alpha value is -1.49. The molecular formula is C14H25N3O2. The van der Waals surface area contributed by atoms with Crippen molar-refractivity contribution in [3.05, 3.63) is 18.0 Å². The first-order valence-corrected chi connectivity index (χ1v) is 6.97. The fourth-order valence-corrected chi connectivity index (χ4v) is 2.25. The number of carbonyl (C=O) groups is 1. The van der Waals surface area contributed by atoms with E-state index < -0.39 is 0 Å². The molecule has 1 aromatic rings. The zero-order valence-electron chi connectivity index (χ0n) is 11.9. The lowest BCUT2D eigenvalue weighted by Gasteiger charge is -2.16. The van der Waals surface area contributed by atoms with E-state index in [9.17, 15) is 4.79 Å². The summed E-state index contributed by atoms with van der Waals surface area (Å²) < 4.78 is 1.84. The fraction of sp³-hybridized carbons (Fsp3) is 0.643. The fourth-order valence-electron chi connectivity index (χ4n) is 2.25. The van der Waals surface area contributed by atoms with E-state index in [1.165, 1.54) is 0 Å². The van der Waals surface area contributed by atoms with Crippen molar-refractivity contribution in [2.24, 2.45) is 5.92 Å². The lowest BCUT2D eigenvalue weighted by Crippen LogP contribution is -2.31. The predicted molar refractivity (Wildman–Crippen MR) is 77.0 cm³/mol. The Morgan fingerprint density at radius 1 is 1.47 bits per heavy atom. The van der Waals surface area contributed by atoms with E-state index in [4.69, 9.17) is 10.8 Å². The summed E-state index contributed by atoms with van der Waals surface area (Å²) >= 11 is 0. The smallest absolute Gasteiger partial charge is 0.267 e. The molecule has 0 aliphatic heterocycles. The first-order valence-electron chi connectivity index (χ1n) is 6.97. The standard InChI is InChI=1S/C14H25N3O2/c1-3-5-11(6-7-18)9-16-14(19)13-8-12(15)10-17(13)4-2/h8,10-11,18H,3-7,9,15H2,1-2H3,(H,16,19). The Labute approximate surface area is 114 Å². The highest BCUT2D eigenvalue weighted by Gasteiger charge is 2.14. The number of amides is 1. The van der Waals surface area contributed by atoms with Crippen molar-refractivity contribution in [2.45, 2.75) is 39.7 Å². The minimum absolute atomic E-state index is 0.0995. The molecule has 1 unspecified atom stereocenters. The minimum atomic E-state index is -0.0995. The van der Waals surface area contributed by atoms with E-state index in [1.807, 2.05) is 11.5 Å². The van der Waals surface area contributed by atoms with Gasteiger partial charge in [-0.3, -0.25) is 4.79 Å². The van der Waals surface area contributed by atoms with E-state index in [2.05, 4.69) is 12.2 Å². The lowest BCUT2D eigenvalue weighted by molar-refractivity contribution is 0.0933. The molecule has 1 heterocycles. The summed E-state index contributed by atoms with van der Waals surface area (Å²) in [5.74, 6) is 0.235. The first-order chi connectivity index (χ1) is 9.12. The third-order valence-corrected chi connectivity index (χ3v) is 3.28. The van der Waals surface area contributed by atoms with Gasteiger partial charge in [-0.25, -0.2) is 0 Å². The number of aromatic nitrogens is 1. The average Bonchev–Trinajstić information content (AvgIpc) is 2.77. The molecule has 1 rings (SSSR count). The molecular weight excluding hydrogens is 242 g/mol. The van der Waals surface area contributed by atoms with Gasteiger partial charge in [0.2, 0.25) is 0 Å². The van der Waals surface area contributed by atoms with Gasteiger partial charge in [0.15, 0.2) is 0 Å². The van der Waals surface area contributed by atoms with E-state index in [0.717, 1.165) is 25.8 Å². The maximum atomic E-state index is 12.1. The van der Waals surface area contributed by atoms with Crippen LogP contribution in [0.1, 0.15) is 43.6 Å². The zero-order chi connectivity index (χ0) is 14.3. The third-order valence-electron chi connectivity index (χ3n) is 3.28. The molecule has 1 aromatic heterocycles. The largest absolute Gasteiger partial charge is 0.397 e. The van der Waals surface area contributed by atoms with Crippen molar-refractivity contribution >= 4 is 11.6 Å². The maximum absolute atomic E-state index is 12.1. The van der Waals surface area contributed by atoms with Crippen molar-refractivity contribution in [3.63, 3.8) is 0 Å². The molecule has 0 spiro atoms. The molecule has 0 bridgehead atoms. The number of anilines is 1. The zero-order valence-corrected chi connectivity index (χ0v) is 11.9. The summed E-state index contributed by atoms with van der Waals surface area (Å²) in [5.41, 5.74) is 6.91. The normalized spacial score (nSPS) is 12.4. The van der Waals surface area contributed by atoms with Gasteiger partial charge >= 0.3 is 0 Å². The van der Waals surface area contributed by atoms with Crippen molar-refractivity contribution in [1.29, 1.82) is 0 Å². The molecule has 108 valence electrons. The highest BCUT2D eigenvalue weighted by atomic mass is 16.3. The summed E-state index contributed by atoms with van der Waals surface area (Å²) in [7, 11) is 0. The number of nitrogens with zero attached hydrogens (tertiary/aromatic N) is 1. The average molecular weight is 267 g/mol. The van der Waals surface area contributed by atoms with Gasteiger partial charge in [-0.15, -0.1) is 0 Å². The second-order valence-electron chi connectivity index (χ2n) is 4.82. The number of rotatable bonds is 8. The topological polar surface area (TPSA) is 80.3 Å². The summed E-state index contributed by atoms with van der Waals surface area (Å²) in [4.78, 5) is 12.1. The van der Waals surface area contributed by atoms with Crippen LogP contribution in [0.5, 0.6) is 0 Å². The molecule has 5 nitrogen and oxygen atoms in total. The number of hydrogen-bond donors (Lipinski definition) is 3. The van der Waals surface area contributed by atoms with Crippen LogP contribution in [0.3, 0.4) is 0 Å². The van der Waals surface area contributed by atoms with Gasteiger partial charge < -0.3 is 20.7 Å². The van der Waals surface area contributed by atoms with Crippen LogP contribution in [-0.4, -0.2) is 28.7 Å². The number of aliphatic hydroxyl groups is 1. The molecule has 0 saturated heterocycles. The highest BCUT2D eigenvalue weighted by molar-refractivity contribution is 5.93. The number of aryl methyl sites for hydroxylation is 1. The summed E-state index contributed by atoms with van der Waals surface area (Å²) in [6, 6.07) is 1.69. The molecule has 0 aromatic carbocycles. The van der Waals surface area contributed by atoms with E-state index in [-0.39, 0.29) is 12.5 Å². The number of carbonyl (C=O) groups excluding carboxylic acids is 1. The van der Waals surface area contributed by atoms with Gasteiger partial charge in [-0.1, -0.05) is 13.3 Å². The maximum Gasteiger partial charge on any atom is 0.267 e. The molecule has 5 heteroatoms. The Bertz CT molecular complexity index is 395. The SMILES string of the molecule is CCCC(CCO)CNC(=O)c1cc(N)cn1CC. The summed E-state index contributed by atoms with van der Waals surface area (Å²) in [6.07, 6.45) is 4.56. The Morgan fingerprint density at radius 2 is 2.21 bits per heavy atom. The Balaban J connectivity index is 2.58. The van der Waals surface area contributed by atoms with Gasteiger partial charge in [0.25, 0.3) is 5.91 Å². The van der Waals surface area contributed by atoms with Gasteiger partial charge in [0, 0.05) is 25.9 Å². The van der Waals surface area contributed by atoms with Crippen LogP contribution in [0, 0.1) is 5.92 Å². The number of aliphatic hydroxyl groups excluding tert-OH is 1. The van der Waals surface area contributed by atoms with Crippen LogP contribution < -0.4 is 11.1 Å². The summed E-state index contributed by atoms with van der Waals surface area (Å²) in [5, 5.41) is 11.9. The van der Waals surface area contributed by atoms with E-state index in [1.54, 1.807) is 12.3 Å². The van der Waals surface area contributed by atoms with Crippen molar-refractivity contribution < 1.29 is 9.90 Å². The predicted octanol–water partition coefficient (Wildman–Crippen LogP) is 1.62. The van der Waals surface area contributed by atoms with Crippen LogP contribution >= 0.6 is 0 Å². The minimum Gasteiger partial charge on any atom is -0.397 e. The molecule has 0 radical (unpaired) electrons. The van der Waals surface area contributed by atoms with Crippen LogP contribution in [0.4, 0.5) is 5.69 Å². The van der Waals surface area contributed by atoms with Gasteiger partial charge in [0.05, 0.1) is 5.69 Å². The molecule has 1 amide bonds. The second kappa shape index (κ2) is 7.84. The molecule has 0 aliphatic rings. The van der Waals surface area contributed by atoms with E-state index in [0.29, 0.717) is 23.8 Å². The lowest BCUT2D eigenvalue weighted by atomic mass is 10.0. The summed E-state index contributed by atoms with van der Waals surface area (Å²) in [6.45, 7) is 5.56. The second-order valence-corrected chi connectivity index (χ2v) is 4.82. The van der Waals surface area contributed by atoms with Crippen LogP contribution in [0.25, 0.3) is 0 Å². The Morgan fingerprint density at radius 3 is 2.79 bits per heavy atom. The number of hydrogen-bond acceptors (Lipinski definition) is 3. The van der Waals surface area contributed by atoms with Crippen molar-refractivity contribution in [1.82, 2.24) is 9.88 Å². The van der Waals surface area contributed by atoms with Crippen LogP contribution in [0.15, 0.2) is 12.3 Å².